The molecule has 0 radical (unpaired) electrons. The normalized spacial score (nSPS) is 18.6. The second kappa shape index (κ2) is 5.74. The van der Waals surface area contributed by atoms with Crippen molar-refractivity contribution in [1.29, 1.82) is 0 Å². The van der Waals surface area contributed by atoms with Gasteiger partial charge in [0.2, 0.25) is 0 Å². The summed E-state index contributed by atoms with van der Waals surface area (Å²) in [6.07, 6.45) is 2.27. The predicted molar refractivity (Wildman–Crippen MR) is 87.4 cm³/mol. The number of allylic oxidation sites excluding steroid dienone is 1. The van der Waals surface area contributed by atoms with Gasteiger partial charge in [0, 0.05) is 29.2 Å². The van der Waals surface area contributed by atoms with E-state index in [9.17, 15) is 4.79 Å². The molecule has 3 rings (SSSR count). The first-order chi connectivity index (χ1) is 10.1. The molecule has 0 N–H and O–H groups in total. The minimum atomic E-state index is 0.135. The van der Waals surface area contributed by atoms with Crippen molar-refractivity contribution in [2.45, 2.75) is 19.4 Å². The first kappa shape index (κ1) is 13.9. The van der Waals surface area contributed by atoms with E-state index in [0.717, 1.165) is 16.9 Å². The highest BCUT2D eigenvalue weighted by molar-refractivity contribution is 6.30. The fourth-order valence-corrected chi connectivity index (χ4v) is 2.85. The van der Waals surface area contributed by atoms with Gasteiger partial charge in [-0.15, -0.1) is 0 Å². The van der Waals surface area contributed by atoms with E-state index in [1.54, 1.807) is 6.08 Å². The Bertz CT molecular complexity index is 676. The summed E-state index contributed by atoms with van der Waals surface area (Å²) < 4.78 is 0. The molecule has 0 saturated carbocycles. The molecule has 0 spiro atoms. The van der Waals surface area contributed by atoms with Crippen LogP contribution >= 0.6 is 11.6 Å². The Labute approximate surface area is 129 Å². The van der Waals surface area contributed by atoms with Gasteiger partial charge in [-0.2, -0.15) is 0 Å². The number of hydrogen-bond donors (Lipinski definition) is 0. The second-order valence-corrected chi connectivity index (χ2v) is 5.70. The van der Waals surface area contributed by atoms with Crippen molar-refractivity contribution in [2.24, 2.45) is 0 Å². The monoisotopic (exact) mass is 297 g/mol. The number of hydrogen-bond acceptors (Lipinski definition) is 2. The predicted octanol–water partition coefficient (Wildman–Crippen LogP) is 4.55. The molecule has 2 aromatic rings. The molecule has 0 fully saturated rings. The molecule has 0 amide bonds. The highest BCUT2D eigenvalue weighted by Crippen LogP contribution is 2.33. The van der Waals surface area contributed by atoms with Crippen LogP contribution in [0.4, 0.5) is 5.69 Å². The number of carbonyl (C=O) groups is 1. The third kappa shape index (κ3) is 2.86. The molecule has 0 aromatic heterocycles. The SMILES string of the molecule is CC1CC(=O)C=C(c2ccc(Cl)cc2)N1c1ccccc1. The van der Waals surface area contributed by atoms with Gasteiger partial charge in [0.25, 0.3) is 0 Å². The molecule has 2 aromatic carbocycles. The lowest BCUT2D eigenvalue weighted by atomic mass is 9.98. The smallest absolute Gasteiger partial charge is 0.159 e. The van der Waals surface area contributed by atoms with E-state index in [-0.39, 0.29) is 11.8 Å². The van der Waals surface area contributed by atoms with E-state index in [4.69, 9.17) is 11.6 Å². The average molecular weight is 298 g/mol. The maximum Gasteiger partial charge on any atom is 0.159 e. The Balaban J connectivity index is 2.09. The Hall–Kier alpha value is -2.06. The van der Waals surface area contributed by atoms with Crippen molar-refractivity contribution < 1.29 is 4.79 Å². The maximum atomic E-state index is 12.0. The molecular weight excluding hydrogens is 282 g/mol. The molecule has 1 atom stereocenters. The van der Waals surface area contributed by atoms with E-state index in [2.05, 4.69) is 24.0 Å². The van der Waals surface area contributed by atoms with Crippen molar-refractivity contribution in [3.63, 3.8) is 0 Å². The van der Waals surface area contributed by atoms with Gasteiger partial charge in [0.15, 0.2) is 5.78 Å². The van der Waals surface area contributed by atoms with Gasteiger partial charge in [0.1, 0.15) is 0 Å². The number of halogens is 1. The Morgan fingerprint density at radius 1 is 1.05 bits per heavy atom. The lowest BCUT2D eigenvalue weighted by Crippen LogP contribution is -2.37. The molecule has 2 nitrogen and oxygen atoms in total. The number of para-hydroxylation sites is 1. The Kier molecular flexibility index (Phi) is 3.80. The summed E-state index contributed by atoms with van der Waals surface area (Å²) in [6.45, 7) is 2.08. The van der Waals surface area contributed by atoms with Crippen LogP contribution in [0.3, 0.4) is 0 Å². The van der Waals surface area contributed by atoms with Crippen molar-refractivity contribution in [1.82, 2.24) is 0 Å². The Morgan fingerprint density at radius 2 is 1.71 bits per heavy atom. The van der Waals surface area contributed by atoms with Crippen LogP contribution in [-0.4, -0.2) is 11.8 Å². The van der Waals surface area contributed by atoms with Gasteiger partial charge in [-0.05, 0) is 36.8 Å². The molecule has 0 saturated heterocycles. The van der Waals surface area contributed by atoms with Gasteiger partial charge in [-0.1, -0.05) is 41.9 Å². The third-order valence-corrected chi connectivity index (χ3v) is 3.92. The van der Waals surface area contributed by atoms with Crippen LogP contribution in [0, 0.1) is 0 Å². The minimum Gasteiger partial charge on any atom is -0.338 e. The number of ketones is 1. The summed E-state index contributed by atoms with van der Waals surface area (Å²) >= 11 is 5.96. The zero-order chi connectivity index (χ0) is 14.8. The fraction of sp³-hybridized carbons (Fsp3) is 0.167. The van der Waals surface area contributed by atoms with Gasteiger partial charge in [0.05, 0.1) is 5.70 Å². The van der Waals surface area contributed by atoms with Gasteiger partial charge >= 0.3 is 0 Å². The zero-order valence-electron chi connectivity index (χ0n) is 11.8. The molecule has 3 heteroatoms. The van der Waals surface area contributed by atoms with Crippen LogP contribution < -0.4 is 4.90 Å². The molecule has 106 valence electrons. The molecule has 1 unspecified atom stereocenters. The van der Waals surface area contributed by atoms with Crippen molar-refractivity contribution in [2.75, 3.05) is 4.90 Å². The van der Waals surface area contributed by atoms with Crippen LogP contribution in [0.5, 0.6) is 0 Å². The summed E-state index contributed by atoms with van der Waals surface area (Å²) in [6, 6.07) is 17.9. The van der Waals surface area contributed by atoms with E-state index in [1.807, 2.05) is 42.5 Å². The molecule has 1 heterocycles. The van der Waals surface area contributed by atoms with E-state index >= 15 is 0 Å². The standard InChI is InChI=1S/C18H16ClNO/c1-13-11-17(21)12-18(14-7-9-15(19)10-8-14)20(13)16-5-3-2-4-6-16/h2-10,12-13H,11H2,1H3. The molecule has 0 aliphatic carbocycles. The van der Waals surface area contributed by atoms with Gasteiger partial charge in [-0.25, -0.2) is 0 Å². The van der Waals surface area contributed by atoms with Crippen LogP contribution in [0.25, 0.3) is 5.70 Å². The fourth-order valence-electron chi connectivity index (χ4n) is 2.73. The summed E-state index contributed by atoms with van der Waals surface area (Å²) in [7, 11) is 0. The van der Waals surface area contributed by atoms with Crippen molar-refractivity contribution in [3.05, 3.63) is 71.3 Å². The first-order valence-corrected chi connectivity index (χ1v) is 7.38. The summed E-state index contributed by atoms with van der Waals surface area (Å²) in [4.78, 5) is 14.2. The number of anilines is 1. The Morgan fingerprint density at radius 3 is 2.38 bits per heavy atom. The van der Waals surface area contributed by atoms with Crippen LogP contribution in [0.1, 0.15) is 18.9 Å². The van der Waals surface area contributed by atoms with Crippen molar-refractivity contribution >= 4 is 28.8 Å². The highest BCUT2D eigenvalue weighted by atomic mass is 35.5. The van der Waals surface area contributed by atoms with E-state index < -0.39 is 0 Å². The molecule has 1 aliphatic rings. The van der Waals surface area contributed by atoms with Crippen LogP contribution in [0.2, 0.25) is 5.02 Å². The van der Waals surface area contributed by atoms with Gasteiger partial charge < -0.3 is 4.90 Å². The largest absolute Gasteiger partial charge is 0.338 e. The minimum absolute atomic E-state index is 0.135. The summed E-state index contributed by atoms with van der Waals surface area (Å²) in [5.74, 6) is 0.166. The molecule has 0 bridgehead atoms. The molecule has 1 aliphatic heterocycles. The third-order valence-electron chi connectivity index (χ3n) is 3.67. The zero-order valence-corrected chi connectivity index (χ0v) is 12.5. The molecule has 21 heavy (non-hydrogen) atoms. The lowest BCUT2D eigenvalue weighted by Gasteiger charge is -2.36. The van der Waals surface area contributed by atoms with Crippen molar-refractivity contribution in [3.8, 4) is 0 Å². The maximum absolute atomic E-state index is 12.0. The van der Waals surface area contributed by atoms with E-state index in [0.29, 0.717) is 11.4 Å². The number of carbonyl (C=O) groups excluding carboxylic acids is 1. The van der Waals surface area contributed by atoms with Crippen LogP contribution in [0.15, 0.2) is 60.7 Å². The number of nitrogens with zero attached hydrogens (tertiary/aromatic N) is 1. The number of benzene rings is 2. The number of rotatable bonds is 2. The van der Waals surface area contributed by atoms with Gasteiger partial charge in [-0.3, -0.25) is 4.79 Å². The summed E-state index contributed by atoms with van der Waals surface area (Å²) in [5, 5.41) is 0.695. The molecular formula is C18H16ClNO. The summed E-state index contributed by atoms with van der Waals surface area (Å²) in [5.41, 5.74) is 3.03. The lowest BCUT2D eigenvalue weighted by molar-refractivity contribution is -0.115. The topological polar surface area (TPSA) is 20.3 Å². The average Bonchev–Trinajstić information content (AvgIpc) is 2.48. The first-order valence-electron chi connectivity index (χ1n) is 7.00. The van der Waals surface area contributed by atoms with E-state index in [1.165, 1.54) is 0 Å². The highest BCUT2D eigenvalue weighted by Gasteiger charge is 2.26. The van der Waals surface area contributed by atoms with Crippen LogP contribution in [-0.2, 0) is 4.79 Å². The quantitative estimate of drug-likeness (QED) is 0.810. The second-order valence-electron chi connectivity index (χ2n) is 5.26.